The molecule has 1 amide bonds. The number of amides is 1. The van der Waals surface area contributed by atoms with E-state index >= 15 is 0 Å². The van der Waals surface area contributed by atoms with Gasteiger partial charge in [0, 0.05) is 44.8 Å². The number of H-pyrrole nitrogens is 1. The fraction of sp³-hybridized carbons (Fsp3) is 0.350. The smallest absolute Gasteiger partial charge is 0.328 e. The van der Waals surface area contributed by atoms with E-state index in [1.54, 1.807) is 28.5 Å². The van der Waals surface area contributed by atoms with Gasteiger partial charge in [0.15, 0.2) is 0 Å². The standard InChI is InChI=1S/C20H21FN4O3S/c21-14-3-5-15(6-4-14)23-9-11-24(12-10-23)17(26)2-1-8-25-19(27)18-16(7-13-29-18)22-20(25)28/h3-7,13H,1-2,8-12H2,(H,22,28). The number of halogens is 1. The zero-order chi connectivity index (χ0) is 20.4. The Morgan fingerprint density at radius 1 is 1.07 bits per heavy atom. The molecule has 3 aromatic rings. The molecular formula is C20H21FN4O3S. The summed E-state index contributed by atoms with van der Waals surface area (Å²) in [6, 6.07) is 8.06. The van der Waals surface area contributed by atoms with Gasteiger partial charge in [0.2, 0.25) is 5.91 Å². The minimum absolute atomic E-state index is 0.0189. The molecule has 1 fully saturated rings. The number of nitrogens with one attached hydrogen (secondary N) is 1. The van der Waals surface area contributed by atoms with Crippen LogP contribution in [0, 0.1) is 5.82 Å². The summed E-state index contributed by atoms with van der Waals surface area (Å²) < 4.78 is 14.7. The molecule has 4 rings (SSSR count). The van der Waals surface area contributed by atoms with E-state index in [1.807, 2.05) is 0 Å². The first-order valence-corrected chi connectivity index (χ1v) is 10.4. The highest BCUT2D eigenvalue weighted by Gasteiger charge is 2.21. The third-order valence-corrected chi connectivity index (χ3v) is 6.09. The zero-order valence-electron chi connectivity index (χ0n) is 15.8. The first kappa shape index (κ1) is 19.4. The summed E-state index contributed by atoms with van der Waals surface area (Å²) in [4.78, 5) is 43.6. The number of hydrogen-bond acceptors (Lipinski definition) is 5. The normalized spacial score (nSPS) is 14.5. The van der Waals surface area contributed by atoms with Crippen LogP contribution >= 0.6 is 11.3 Å². The maximum absolute atomic E-state index is 13.1. The molecular weight excluding hydrogens is 395 g/mol. The summed E-state index contributed by atoms with van der Waals surface area (Å²) in [6.07, 6.45) is 0.710. The molecule has 0 aliphatic carbocycles. The van der Waals surface area contributed by atoms with E-state index in [0.717, 1.165) is 5.69 Å². The van der Waals surface area contributed by atoms with Crippen molar-refractivity contribution in [2.45, 2.75) is 19.4 Å². The van der Waals surface area contributed by atoms with E-state index in [-0.39, 0.29) is 30.2 Å². The van der Waals surface area contributed by atoms with Crippen LogP contribution in [0.1, 0.15) is 12.8 Å². The molecule has 152 valence electrons. The van der Waals surface area contributed by atoms with Gasteiger partial charge in [-0.2, -0.15) is 0 Å². The van der Waals surface area contributed by atoms with E-state index in [0.29, 0.717) is 42.8 Å². The second-order valence-corrected chi connectivity index (χ2v) is 7.91. The molecule has 7 nitrogen and oxygen atoms in total. The molecule has 0 radical (unpaired) electrons. The molecule has 1 saturated heterocycles. The van der Waals surface area contributed by atoms with Crippen LogP contribution in [0.3, 0.4) is 0 Å². The van der Waals surface area contributed by atoms with Crippen molar-refractivity contribution in [3.8, 4) is 0 Å². The third kappa shape index (κ3) is 4.09. The predicted molar refractivity (Wildman–Crippen MR) is 111 cm³/mol. The molecule has 9 heteroatoms. The first-order valence-electron chi connectivity index (χ1n) is 9.51. The second-order valence-electron chi connectivity index (χ2n) is 7.00. The van der Waals surface area contributed by atoms with Crippen LogP contribution in [0.4, 0.5) is 10.1 Å². The lowest BCUT2D eigenvalue weighted by molar-refractivity contribution is -0.131. The maximum atomic E-state index is 13.1. The quantitative estimate of drug-likeness (QED) is 0.690. The van der Waals surface area contributed by atoms with Gasteiger partial charge in [-0.3, -0.25) is 14.2 Å². The Hall–Kier alpha value is -2.94. The number of rotatable bonds is 5. The fourth-order valence-corrected chi connectivity index (χ4v) is 4.38. The lowest BCUT2D eigenvalue weighted by Crippen LogP contribution is -2.48. The Morgan fingerprint density at radius 3 is 2.52 bits per heavy atom. The zero-order valence-corrected chi connectivity index (χ0v) is 16.6. The second kappa shape index (κ2) is 8.20. The molecule has 0 atom stereocenters. The summed E-state index contributed by atoms with van der Waals surface area (Å²) >= 11 is 1.29. The Morgan fingerprint density at radius 2 is 1.79 bits per heavy atom. The van der Waals surface area contributed by atoms with Gasteiger partial charge in [0.1, 0.15) is 10.5 Å². The summed E-state index contributed by atoms with van der Waals surface area (Å²) in [5.74, 6) is -0.246. The van der Waals surface area contributed by atoms with E-state index in [4.69, 9.17) is 0 Å². The van der Waals surface area contributed by atoms with Crippen LogP contribution in [0.25, 0.3) is 10.2 Å². The highest BCUT2D eigenvalue weighted by atomic mass is 32.1. The van der Waals surface area contributed by atoms with E-state index < -0.39 is 5.69 Å². The number of aromatic nitrogens is 2. The molecule has 1 aliphatic rings. The molecule has 29 heavy (non-hydrogen) atoms. The molecule has 0 spiro atoms. The van der Waals surface area contributed by atoms with Crippen LogP contribution in [-0.4, -0.2) is 46.5 Å². The SMILES string of the molecule is O=C(CCCn1c(=O)[nH]c2ccsc2c1=O)N1CCN(c2ccc(F)cc2)CC1. The fourth-order valence-electron chi connectivity index (χ4n) is 3.59. The van der Waals surface area contributed by atoms with Gasteiger partial charge >= 0.3 is 5.69 Å². The Labute approximate surface area is 170 Å². The summed E-state index contributed by atoms with van der Waals surface area (Å²) in [5, 5.41) is 1.77. The molecule has 1 aliphatic heterocycles. The molecule has 1 N–H and O–H groups in total. The van der Waals surface area contributed by atoms with Crippen LogP contribution in [0.2, 0.25) is 0 Å². The largest absolute Gasteiger partial charge is 0.368 e. The predicted octanol–water partition coefficient (Wildman–Crippen LogP) is 2.02. The maximum Gasteiger partial charge on any atom is 0.328 e. The summed E-state index contributed by atoms with van der Waals surface area (Å²) in [6.45, 7) is 2.77. The van der Waals surface area contributed by atoms with Gasteiger partial charge in [0.25, 0.3) is 5.56 Å². The average Bonchev–Trinajstić information content (AvgIpc) is 3.19. The van der Waals surface area contributed by atoms with E-state index in [1.165, 1.54) is 28.0 Å². The third-order valence-electron chi connectivity index (χ3n) is 5.19. The molecule has 1 aromatic carbocycles. The van der Waals surface area contributed by atoms with Crippen LogP contribution in [-0.2, 0) is 11.3 Å². The minimum Gasteiger partial charge on any atom is -0.368 e. The van der Waals surface area contributed by atoms with Crippen LogP contribution in [0.15, 0.2) is 45.3 Å². The van der Waals surface area contributed by atoms with Gasteiger partial charge in [-0.1, -0.05) is 0 Å². The van der Waals surface area contributed by atoms with Crippen LogP contribution < -0.4 is 16.1 Å². The average molecular weight is 416 g/mol. The Kier molecular flexibility index (Phi) is 5.48. The molecule has 0 unspecified atom stereocenters. The Balaban J connectivity index is 1.30. The molecule has 0 saturated carbocycles. The van der Waals surface area contributed by atoms with E-state index in [9.17, 15) is 18.8 Å². The van der Waals surface area contributed by atoms with Crippen molar-refractivity contribution in [3.63, 3.8) is 0 Å². The van der Waals surface area contributed by atoms with E-state index in [2.05, 4.69) is 9.88 Å². The first-order chi connectivity index (χ1) is 14.0. The number of nitrogens with zero attached hydrogens (tertiary/aromatic N) is 3. The number of carbonyl (C=O) groups is 1. The number of thiophene rings is 1. The summed E-state index contributed by atoms with van der Waals surface area (Å²) in [5.41, 5.74) is 0.748. The van der Waals surface area contributed by atoms with Crippen molar-refractivity contribution in [2.75, 3.05) is 31.1 Å². The number of hydrogen-bond donors (Lipinski definition) is 1. The highest BCUT2D eigenvalue weighted by Crippen LogP contribution is 2.17. The topological polar surface area (TPSA) is 78.4 Å². The van der Waals surface area contributed by atoms with Crippen LogP contribution in [0.5, 0.6) is 0 Å². The number of piperazine rings is 1. The summed E-state index contributed by atoms with van der Waals surface area (Å²) in [7, 11) is 0. The number of carbonyl (C=O) groups excluding carboxylic acids is 1. The number of anilines is 1. The molecule has 2 aromatic heterocycles. The van der Waals surface area contributed by atoms with Gasteiger partial charge in [-0.05, 0) is 42.1 Å². The number of benzene rings is 1. The van der Waals surface area contributed by atoms with Crippen molar-refractivity contribution in [2.24, 2.45) is 0 Å². The van der Waals surface area contributed by atoms with Crippen molar-refractivity contribution in [1.29, 1.82) is 0 Å². The Bertz CT molecular complexity index is 1130. The van der Waals surface area contributed by atoms with Crippen molar-refractivity contribution in [3.05, 3.63) is 62.4 Å². The molecule has 0 bridgehead atoms. The number of fused-ring (bicyclic) bond motifs is 1. The highest BCUT2D eigenvalue weighted by molar-refractivity contribution is 7.17. The van der Waals surface area contributed by atoms with Gasteiger partial charge in [-0.25, -0.2) is 9.18 Å². The van der Waals surface area contributed by atoms with Gasteiger partial charge < -0.3 is 14.8 Å². The molecule has 3 heterocycles. The van der Waals surface area contributed by atoms with Crippen molar-refractivity contribution >= 4 is 33.1 Å². The van der Waals surface area contributed by atoms with Gasteiger partial charge in [0.05, 0.1) is 5.52 Å². The van der Waals surface area contributed by atoms with Crippen molar-refractivity contribution in [1.82, 2.24) is 14.5 Å². The minimum atomic E-state index is -0.443. The lowest BCUT2D eigenvalue weighted by Gasteiger charge is -2.36. The van der Waals surface area contributed by atoms with Crippen molar-refractivity contribution < 1.29 is 9.18 Å². The number of aromatic amines is 1. The van der Waals surface area contributed by atoms with Gasteiger partial charge in [-0.15, -0.1) is 11.3 Å². The monoisotopic (exact) mass is 416 g/mol. The lowest BCUT2D eigenvalue weighted by atomic mass is 10.2.